The summed E-state index contributed by atoms with van der Waals surface area (Å²) in [5.74, 6) is 1.17. The fraction of sp³-hybridized carbons (Fsp3) is 0.923. The molecular weight excluding hydrogens is 200 g/mol. The Morgan fingerprint density at radius 3 is 2.81 bits per heavy atom. The second-order valence-electron chi connectivity index (χ2n) is 4.69. The Morgan fingerprint density at radius 1 is 1.31 bits per heavy atom. The van der Waals surface area contributed by atoms with Crippen molar-refractivity contribution in [2.45, 2.75) is 46.0 Å². The lowest BCUT2D eigenvalue weighted by atomic mass is 9.98. The van der Waals surface area contributed by atoms with Crippen LogP contribution in [-0.4, -0.2) is 37.0 Å². The van der Waals surface area contributed by atoms with Gasteiger partial charge in [-0.3, -0.25) is 4.79 Å². The number of carbonyl (C=O) groups excluding carboxylic acids is 1. The van der Waals surface area contributed by atoms with Crippen LogP contribution < -0.4 is 5.32 Å². The monoisotopic (exact) mass is 226 g/mol. The predicted molar refractivity (Wildman–Crippen MR) is 67.4 cm³/mol. The Kier molecular flexibility index (Phi) is 6.46. The molecule has 1 fully saturated rings. The SMILES string of the molecule is CCNCCC(=O)N1CCCC(CC)CC1. The molecule has 1 aliphatic rings. The second-order valence-corrected chi connectivity index (χ2v) is 4.69. The Labute approximate surface area is 99.6 Å². The van der Waals surface area contributed by atoms with Gasteiger partial charge in [0.2, 0.25) is 5.91 Å². The van der Waals surface area contributed by atoms with Gasteiger partial charge >= 0.3 is 0 Å². The molecule has 16 heavy (non-hydrogen) atoms. The van der Waals surface area contributed by atoms with Gasteiger partial charge in [-0.15, -0.1) is 0 Å². The van der Waals surface area contributed by atoms with Crippen molar-refractivity contribution >= 4 is 5.91 Å². The molecule has 1 unspecified atom stereocenters. The first-order valence-corrected chi connectivity index (χ1v) is 6.76. The zero-order valence-corrected chi connectivity index (χ0v) is 10.8. The molecule has 94 valence electrons. The molecule has 1 rings (SSSR count). The van der Waals surface area contributed by atoms with E-state index in [4.69, 9.17) is 0 Å². The fourth-order valence-electron chi connectivity index (χ4n) is 2.35. The first-order valence-electron chi connectivity index (χ1n) is 6.76. The minimum atomic E-state index is 0.331. The van der Waals surface area contributed by atoms with Crippen molar-refractivity contribution in [3.8, 4) is 0 Å². The summed E-state index contributed by atoms with van der Waals surface area (Å²) in [4.78, 5) is 14.0. The minimum absolute atomic E-state index is 0.331. The molecule has 0 radical (unpaired) electrons. The van der Waals surface area contributed by atoms with Crippen LogP contribution >= 0.6 is 0 Å². The summed E-state index contributed by atoms with van der Waals surface area (Å²) in [5, 5.41) is 3.21. The van der Waals surface area contributed by atoms with Gasteiger partial charge in [-0.1, -0.05) is 20.3 Å². The third kappa shape index (κ3) is 4.52. The maximum Gasteiger partial charge on any atom is 0.223 e. The van der Waals surface area contributed by atoms with E-state index in [-0.39, 0.29) is 0 Å². The van der Waals surface area contributed by atoms with E-state index >= 15 is 0 Å². The van der Waals surface area contributed by atoms with Gasteiger partial charge in [0.05, 0.1) is 0 Å². The minimum Gasteiger partial charge on any atom is -0.343 e. The summed E-state index contributed by atoms with van der Waals surface area (Å²) < 4.78 is 0. The summed E-state index contributed by atoms with van der Waals surface area (Å²) in [6.07, 6.45) is 5.60. The van der Waals surface area contributed by atoms with E-state index in [9.17, 15) is 4.79 Å². The number of hydrogen-bond acceptors (Lipinski definition) is 2. The largest absolute Gasteiger partial charge is 0.343 e. The lowest BCUT2D eigenvalue weighted by Gasteiger charge is -2.20. The molecule has 3 heteroatoms. The van der Waals surface area contributed by atoms with Gasteiger partial charge in [-0.05, 0) is 31.7 Å². The Hall–Kier alpha value is -0.570. The van der Waals surface area contributed by atoms with Gasteiger partial charge in [0.1, 0.15) is 0 Å². The average Bonchev–Trinajstić information content (AvgIpc) is 2.54. The molecule has 1 aliphatic heterocycles. The Bertz CT molecular complexity index is 206. The van der Waals surface area contributed by atoms with Crippen LogP contribution in [0.15, 0.2) is 0 Å². The van der Waals surface area contributed by atoms with Crippen molar-refractivity contribution in [2.75, 3.05) is 26.2 Å². The highest BCUT2D eigenvalue weighted by Gasteiger charge is 2.18. The third-order valence-electron chi connectivity index (χ3n) is 3.54. The first kappa shape index (κ1) is 13.5. The van der Waals surface area contributed by atoms with Crippen LogP contribution in [0, 0.1) is 5.92 Å². The maximum atomic E-state index is 11.9. The van der Waals surface area contributed by atoms with E-state index in [1.165, 1.54) is 25.7 Å². The van der Waals surface area contributed by atoms with Crippen LogP contribution in [0.3, 0.4) is 0 Å². The highest BCUT2D eigenvalue weighted by atomic mass is 16.2. The number of nitrogens with zero attached hydrogens (tertiary/aromatic N) is 1. The topological polar surface area (TPSA) is 32.3 Å². The number of rotatable bonds is 5. The Morgan fingerprint density at radius 2 is 2.12 bits per heavy atom. The number of carbonyl (C=O) groups is 1. The van der Waals surface area contributed by atoms with Crippen molar-refractivity contribution in [1.29, 1.82) is 0 Å². The number of nitrogens with one attached hydrogen (secondary N) is 1. The van der Waals surface area contributed by atoms with Crippen molar-refractivity contribution < 1.29 is 4.79 Å². The van der Waals surface area contributed by atoms with Gasteiger partial charge in [0.15, 0.2) is 0 Å². The van der Waals surface area contributed by atoms with Crippen molar-refractivity contribution in [1.82, 2.24) is 10.2 Å². The van der Waals surface area contributed by atoms with E-state index in [0.717, 1.165) is 32.1 Å². The molecule has 0 aromatic carbocycles. The molecule has 1 amide bonds. The highest BCUT2D eigenvalue weighted by molar-refractivity contribution is 5.76. The van der Waals surface area contributed by atoms with Crippen LogP contribution in [0.2, 0.25) is 0 Å². The Balaban J connectivity index is 2.27. The molecule has 3 nitrogen and oxygen atoms in total. The van der Waals surface area contributed by atoms with Gasteiger partial charge < -0.3 is 10.2 Å². The number of amides is 1. The molecular formula is C13H26N2O. The van der Waals surface area contributed by atoms with E-state index < -0.39 is 0 Å². The molecule has 0 spiro atoms. The standard InChI is InChI=1S/C13H26N2O/c1-3-12-6-5-10-15(11-8-12)13(16)7-9-14-4-2/h12,14H,3-11H2,1-2H3. The lowest BCUT2D eigenvalue weighted by molar-refractivity contribution is -0.131. The summed E-state index contributed by atoms with van der Waals surface area (Å²) in [5.41, 5.74) is 0. The zero-order chi connectivity index (χ0) is 11.8. The second kappa shape index (κ2) is 7.66. The highest BCUT2D eigenvalue weighted by Crippen LogP contribution is 2.20. The first-order chi connectivity index (χ1) is 7.77. The molecule has 0 saturated carbocycles. The smallest absolute Gasteiger partial charge is 0.223 e. The normalized spacial score (nSPS) is 21.9. The molecule has 0 aliphatic carbocycles. The average molecular weight is 226 g/mol. The predicted octanol–water partition coefficient (Wildman–Crippen LogP) is 2.02. The number of likely N-dealkylation sites (tertiary alicyclic amines) is 1. The van der Waals surface area contributed by atoms with Crippen LogP contribution in [-0.2, 0) is 4.79 Å². The van der Waals surface area contributed by atoms with E-state index in [2.05, 4.69) is 24.1 Å². The van der Waals surface area contributed by atoms with Gasteiger partial charge in [-0.2, -0.15) is 0 Å². The quantitative estimate of drug-likeness (QED) is 0.727. The third-order valence-corrected chi connectivity index (χ3v) is 3.54. The van der Waals surface area contributed by atoms with Crippen LogP contribution in [0.4, 0.5) is 0 Å². The van der Waals surface area contributed by atoms with Crippen molar-refractivity contribution in [3.63, 3.8) is 0 Å². The van der Waals surface area contributed by atoms with Gasteiger partial charge in [0, 0.05) is 26.1 Å². The summed E-state index contributed by atoms with van der Waals surface area (Å²) in [6, 6.07) is 0. The van der Waals surface area contributed by atoms with E-state index in [1.54, 1.807) is 0 Å². The molecule has 0 bridgehead atoms. The van der Waals surface area contributed by atoms with Crippen LogP contribution in [0.1, 0.15) is 46.0 Å². The van der Waals surface area contributed by atoms with Crippen LogP contribution in [0.5, 0.6) is 0 Å². The van der Waals surface area contributed by atoms with Crippen molar-refractivity contribution in [3.05, 3.63) is 0 Å². The number of hydrogen-bond donors (Lipinski definition) is 1. The van der Waals surface area contributed by atoms with Crippen molar-refractivity contribution in [2.24, 2.45) is 5.92 Å². The van der Waals surface area contributed by atoms with Crippen LogP contribution in [0.25, 0.3) is 0 Å². The summed E-state index contributed by atoms with van der Waals surface area (Å²) in [7, 11) is 0. The molecule has 0 aromatic rings. The molecule has 1 N–H and O–H groups in total. The molecule has 1 saturated heterocycles. The van der Waals surface area contributed by atoms with E-state index in [1.807, 2.05) is 0 Å². The molecule has 0 aromatic heterocycles. The van der Waals surface area contributed by atoms with Gasteiger partial charge in [0.25, 0.3) is 0 Å². The van der Waals surface area contributed by atoms with Gasteiger partial charge in [-0.25, -0.2) is 0 Å². The molecule has 1 heterocycles. The van der Waals surface area contributed by atoms with E-state index in [0.29, 0.717) is 12.3 Å². The summed E-state index contributed by atoms with van der Waals surface area (Å²) >= 11 is 0. The lowest BCUT2D eigenvalue weighted by Crippen LogP contribution is -2.34. The summed E-state index contributed by atoms with van der Waals surface area (Å²) in [6.45, 7) is 8.05. The maximum absolute atomic E-state index is 11.9. The zero-order valence-electron chi connectivity index (χ0n) is 10.8. The fourth-order valence-corrected chi connectivity index (χ4v) is 2.35. The molecule has 1 atom stereocenters.